The Morgan fingerprint density at radius 1 is 1.20 bits per heavy atom. The minimum Gasteiger partial charge on any atom is -0.496 e. The Balaban J connectivity index is 2.31. The smallest absolute Gasteiger partial charge is 0.358 e. The lowest BCUT2D eigenvalue weighted by molar-refractivity contribution is 0.0691. The number of hydrogen-bond acceptors (Lipinski definition) is 5. The van der Waals surface area contributed by atoms with Gasteiger partial charge in [0.15, 0.2) is 11.5 Å². The Morgan fingerprint density at radius 2 is 1.90 bits per heavy atom. The summed E-state index contributed by atoms with van der Waals surface area (Å²) in [5.41, 5.74) is -0.0484. The lowest BCUT2D eigenvalue weighted by Gasteiger charge is -2.09. The van der Waals surface area contributed by atoms with E-state index in [0.29, 0.717) is 5.75 Å². The summed E-state index contributed by atoms with van der Waals surface area (Å²) in [5.74, 6) is -1.53. The van der Waals surface area contributed by atoms with Crippen molar-refractivity contribution >= 4 is 17.7 Å². The normalized spacial score (nSPS) is 9.85. The van der Waals surface area contributed by atoms with E-state index in [4.69, 9.17) is 9.84 Å². The first kappa shape index (κ1) is 13.5. The van der Waals surface area contributed by atoms with Crippen LogP contribution in [0, 0.1) is 0 Å². The van der Waals surface area contributed by atoms with Crippen molar-refractivity contribution in [2.24, 2.45) is 0 Å². The van der Waals surface area contributed by atoms with Gasteiger partial charge in [0.05, 0.1) is 12.7 Å². The first-order valence-corrected chi connectivity index (χ1v) is 5.62. The molecule has 1 aromatic heterocycles. The fourth-order valence-electron chi connectivity index (χ4n) is 1.59. The number of carboxylic acid groups (broad SMARTS) is 1. The lowest BCUT2D eigenvalue weighted by Crippen LogP contribution is -2.17. The summed E-state index contributed by atoms with van der Waals surface area (Å²) in [6, 6.07) is 6.58. The minimum atomic E-state index is -1.27. The van der Waals surface area contributed by atoms with Crippen molar-refractivity contribution in [3.8, 4) is 5.75 Å². The van der Waals surface area contributed by atoms with Gasteiger partial charge in [-0.05, 0) is 12.1 Å². The van der Waals surface area contributed by atoms with Gasteiger partial charge in [-0.2, -0.15) is 0 Å². The molecule has 7 nitrogen and oxygen atoms in total. The largest absolute Gasteiger partial charge is 0.496 e. The second-order valence-electron chi connectivity index (χ2n) is 3.71. The number of aromatic carboxylic acids is 1. The van der Waals surface area contributed by atoms with Crippen LogP contribution in [0.3, 0.4) is 0 Å². The predicted molar refractivity (Wildman–Crippen MR) is 69.9 cm³/mol. The number of carbonyl (C=O) groups is 2. The molecule has 0 bridgehead atoms. The first-order valence-electron chi connectivity index (χ1n) is 5.62. The van der Waals surface area contributed by atoms with E-state index < -0.39 is 11.9 Å². The number of anilines is 1. The Labute approximate surface area is 114 Å². The van der Waals surface area contributed by atoms with Crippen molar-refractivity contribution in [3.05, 3.63) is 47.9 Å². The van der Waals surface area contributed by atoms with Crippen LogP contribution in [0.4, 0.5) is 5.82 Å². The number of nitrogens with zero attached hydrogens (tertiary/aromatic N) is 2. The molecule has 0 aliphatic heterocycles. The van der Waals surface area contributed by atoms with Gasteiger partial charge < -0.3 is 15.2 Å². The molecule has 0 atom stereocenters. The molecule has 2 N–H and O–H groups in total. The van der Waals surface area contributed by atoms with Crippen LogP contribution >= 0.6 is 0 Å². The third kappa shape index (κ3) is 2.72. The number of methoxy groups -OCH3 is 1. The van der Waals surface area contributed by atoms with E-state index in [2.05, 4.69) is 15.3 Å². The van der Waals surface area contributed by atoms with Crippen molar-refractivity contribution in [1.82, 2.24) is 9.97 Å². The zero-order valence-electron chi connectivity index (χ0n) is 10.5. The van der Waals surface area contributed by atoms with Crippen LogP contribution in [0.15, 0.2) is 36.7 Å². The molecule has 0 unspecified atom stereocenters. The van der Waals surface area contributed by atoms with Gasteiger partial charge in [-0.15, -0.1) is 0 Å². The van der Waals surface area contributed by atoms with Crippen molar-refractivity contribution in [1.29, 1.82) is 0 Å². The van der Waals surface area contributed by atoms with E-state index in [0.717, 1.165) is 0 Å². The van der Waals surface area contributed by atoms with E-state index in [1.807, 2.05) is 0 Å². The topological polar surface area (TPSA) is 101 Å². The summed E-state index contributed by atoms with van der Waals surface area (Å²) < 4.78 is 5.07. The molecule has 0 saturated heterocycles. The van der Waals surface area contributed by atoms with Gasteiger partial charge in [-0.1, -0.05) is 12.1 Å². The Bertz CT molecular complexity index is 658. The molecule has 0 fully saturated rings. The van der Waals surface area contributed by atoms with E-state index >= 15 is 0 Å². The molecule has 7 heteroatoms. The number of benzene rings is 1. The van der Waals surface area contributed by atoms with Gasteiger partial charge in [0.25, 0.3) is 5.91 Å². The van der Waals surface area contributed by atoms with Crippen molar-refractivity contribution in [3.63, 3.8) is 0 Å². The highest BCUT2D eigenvalue weighted by Gasteiger charge is 2.17. The van der Waals surface area contributed by atoms with Crippen LogP contribution in [-0.2, 0) is 0 Å². The van der Waals surface area contributed by atoms with Gasteiger partial charge in [-0.25, -0.2) is 14.8 Å². The highest BCUT2D eigenvalue weighted by atomic mass is 16.5. The van der Waals surface area contributed by atoms with Crippen molar-refractivity contribution in [2.45, 2.75) is 0 Å². The Morgan fingerprint density at radius 3 is 2.60 bits per heavy atom. The van der Waals surface area contributed by atoms with Crippen molar-refractivity contribution < 1.29 is 19.4 Å². The molecule has 1 aromatic carbocycles. The summed E-state index contributed by atoms with van der Waals surface area (Å²) >= 11 is 0. The van der Waals surface area contributed by atoms with Gasteiger partial charge in [0.2, 0.25) is 0 Å². The van der Waals surface area contributed by atoms with Crippen molar-refractivity contribution in [2.75, 3.05) is 12.4 Å². The first-order chi connectivity index (χ1) is 9.63. The highest BCUT2D eigenvalue weighted by molar-refractivity contribution is 6.07. The van der Waals surface area contributed by atoms with E-state index in [1.165, 1.54) is 19.5 Å². The summed E-state index contributed by atoms with van der Waals surface area (Å²) in [6.07, 6.45) is 2.53. The minimum absolute atomic E-state index is 0.115. The second-order valence-corrected chi connectivity index (χ2v) is 3.71. The second kappa shape index (κ2) is 5.79. The van der Waals surface area contributed by atoms with E-state index in [9.17, 15) is 9.59 Å². The predicted octanol–water partition coefficient (Wildman–Crippen LogP) is 1.44. The summed E-state index contributed by atoms with van der Waals surface area (Å²) in [6.45, 7) is 0. The summed E-state index contributed by atoms with van der Waals surface area (Å²) in [5, 5.41) is 11.4. The van der Waals surface area contributed by atoms with Crippen LogP contribution < -0.4 is 10.1 Å². The molecular weight excluding hydrogens is 262 g/mol. The van der Waals surface area contributed by atoms with E-state index in [1.54, 1.807) is 24.3 Å². The number of hydrogen-bond donors (Lipinski definition) is 2. The number of aromatic nitrogens is 2. The lowest BCUT2D eigenvalue weighted by atomic mass is 10.2. The zero-order valence-corrected chi connectivity index (χ0v) is 10.5. The molecular formula is C13H11N3O4. The van der Waals surface area contributed by atoms with E-state index in [-0.39, 0.29) is 17.1 Å². The average molecular weight is 273 g/mol. The number of ether oxygens (including phenoxy) is 1. The maximum absolute atomic E-state index is 12.1. The van der Waals surface area contributed by atoms with Crippen LogP contribution in [0.1, 0.15) is 20.8 Å². The molecule has 20 heavy (non-hydrogen) atoms. The van der Waals surface area contributed by atoms with Crippen LogP contribution in [0.5, 0.6) is 5.75 Å². The zero-order chi connectivity index (χ0) is 14.5. The quantitative estimate of drug-likeness (QED) is 0.873. The summed E-state index contributed by atoms with van der Waals surface area (Å²) in [4.78, 5) is 30.6. The standard InChI is InChI=1S/C13H11N3O4/c1-20-9-5-3-2-4-8(9)12(17)16-11-10(13(18)19)14-6-7-15-11/h2-7H,1H3,(H,18,19)(H,15,16,17). The third-order valence-electron chi connectivity index (χ3n) is 2.48. The molecule has 0 aliphatic carbocycles. The monoisotopic (exact) mass is 273 g/mol. The van der Waals surface area contributed by atoms with Gasteiger partial charge in [0, 0.05) is 12.4 Å². The van der Waals surface area contributed by atoms with Gasteiger partial charge >= 0.3 is 5.97 Å². The molecule has 1 amide bonds. The van der Waals surface area contributed by atoms with Crippen LogP contribution in [-0.4, -0.2) is 34.1 Å². The van der Waals surface area contributed by atoms with Crippen LogP contribution in [0.25, 0.3) is 0 Å². The average Bonchev–Trinajstić information content (AvgIpc) is 2.47. The molecule has 102 valence electrons. The Hall–Kier alpha value is -2.96. The van der Waals surface area contributed by atoms with Gasteiger partial charge in [-0.3, -0.25) is 4.79 Å². The number of para-hydroxylation sites is 1. The molecule has 2 aromatic rings. The maximum atomic E-state index is 12.1. The number of carbonyl (C=O) groups excluding carboxylic acids is 1. The molecule has 1 heterocycles. The molecule has 0 saturated carbocycles. The number of rotatable bonds is 4. The fraction of sp³-hybridized carbons (Fsp3) is 0.0769. The number of carboxylic acids is 1. The molecule has 0 spiro atoms. The maximum Gasteiger partial charge on any atom is 0.358 e. The molecule has 0 radical (unpaired) electrons. The SMILES string of the molecule is COc1ccccc1C(=O)Nc1nccnc1C(=O)O. The summed E-state index contributed by atoms with van der Waals surface area (Å²) in [7, 11) is 1.44. The molecule has 0 aliphatic rings. The molecule has 2 rings (SSSR count). The fourth-order valence-corrected chi connectivity index (χ4v) is 1.59. The number of nitrogens with one attached hydrogen (secondary N) is 1. The highest BCUT2D eigenvalue weighted by Crippen LogP contribution is 2.19. The number of amides is 1. The third-order valence-corrected chi connectivity index (χ3v) is 2.48. The van der Waals surface area contributed by atoms with Crippen LogP contribution in [0.2, 0.25) is 0 Å². The van der Waals surface area contributed by atoms with Gasteiger partial charge in [0.1, 0.15) is 5.75 Å². The Kier molecular flexibility index (Phi) is 3.90.